The van der Waals surface area contributed by atoms with Crippen LogP contribution < -0.4 is 5.32 Å². The van der Waals surface area contributed by atoms with Crippen LogP contribution in [-0.2, 0) is 9.59 Å². The maximum absolute atomic E-state index is 12.4. The van der Waals surface area contributed by atoms with Gasteiger partial charge in [-0.2, -0.15) is 0 Å². The third-order valence-corrected chi connectivity index (χ3v) is 4.66. The van der Waals surface area contributed by atoms with Gasteiger partial charge in [-0.1, -0.05) is 56.0 Å². The predicted octanol–water partition coefficient (Wildman–Crippen LogP) is 3.44. The van der Waals surface area contributed by atoms with Crippen molar-refractivity contribution in [3.8, 4) is 0 Å². The summed E-state index contributed by atoms with van der Waals surface area (Å²) in [6.45, 7) is 3.70. The zero-order valence-electron chi connectivity index (χ0n) is 14.3. The standard InChI is InChI=1S/C19H28N2O2/c1-15(17-10-6-5-7-11-17)20-19(23)14-21(16(2)22)18-12-8-3-4-9-13-18/h5-7,10-11,15,18H,3-4,8-9,12-14H2,1-2H3,(H,20,23). The predicted molar refractivity (Wildman–Crippen MR) is 91.9 cm³/mol. The largest absolute Gasteiger partial charge is 0.348 e. The summed E-state index contributed by atoms with van der Waals surface area (Å²) in [4.78, 5) is 26.1. The Morgan fingerprint density at radius 3 is 2.30 bits per heavy atom. The number of nitrogens with one attached hydrogen (secondary N) is 1. The van der Waals surface area contributed by atoms with Gasteiger partial charge < -0.3 is 10.2 Å². The number of carbonyl (C=O) groups excluding carboxylic acids is 2. The summed E-state index contributed by atoms with van der Waals surface area (Å²) < 4.78 is 0. The van der Waals surface area contributed by atoms with E-state index < -0.39 is 0 Å². The second kappa shape index (κ2) is 8.70. The first-order valence-corrected chi connectivity index (χ1v) is 8.69. The number of nitrogens with zero attached hydrogens (tertiary/aromatic N) is 1. The van der Waals surface area contributed by atoms with Crippen molar-refractivity contribution in [2.24, 2.45) is 0 Å². The summed E-state index contributed by atoms with van der Waals surface area (Å²) in [7, 11) is 0. The average molecular weight is 316 g/mol. The molecule has 1 fully saturated rings. The number of rotatable bonds is 5. The van der Waals surface area contributed by atoms with Crippen molar-refractivity contribution in [3.63, 3.8) is 0 Å². The molecule has 1 aromatic rings. The van der Waals surface area contributed by atoms with Crippen molar-refractivity contribution in [2.45, 2.75) is 64.5 Å². The molecule has 4 heteroatoms. The summed E-state index contributed by atoms with van der Waals surface area (Å²) in [5.41, 5.74) is 1.07. The molecule has 4 nitrogen and oxygen atoms in total. The Balaban J connectivity index is 1.93. The lowest BCUT2D eigenvalue weighted by Crippen LogP contribution is -2.45. The fraction of sp³-hybridized carbons (Fsp3) is 0.579. The maximum Gasteiger partial charge on any atom is 0.240 e. The van der Waals surface area contributed by atoms with Crippen LogP contribution in [0.25, 0.3) is 0 Å². The molecule has 23 heavy (non-hydrogen) atoms. The molecule has 2 rings (SSSR count). The molecule has 0 spiro atoms. The Morgan fingerprint density at radius 1 is 1.13 bits per heavy atom. The van der Waals surface area contributed by atoms with Crippen LogP contribution in [-0.4, -0.2) is 29.3 Å². The van der Waals surface area contributed by atoms with Gasteiger partial charge in [0.15, 0.2) is 0 Å². The van der Waals surface area contributed by atoms with Crippen LogP contribution in [0.5, 0.6) is 0 Å². The van der Waals surface area contributed by atoms with Crippen molar-refractivity contribution in [1.82, 2.24) is 10.2 Å². The molecule has 1 unspecified atom stereocenters. The summed E-state index contributed by atoms with van der Waals surface area (Å²) in [6.07, 6.45) is 6.80. The van der Waals surface area contributed by atoms with Gasteiger partial charge in [-0.15, -0.1) is 0 Å². The van der Waals surface area contributed by atoms with Gasteiger partial charge in [-0.3, -0.25) is 9.59 Å². The van der Waals surface area contributed by atoms with Gasteiger partial charge in [0.25, 0.3) is 0 Å². The Morgan fingerprint density at radius 2 is 1.74 bits per heavy atom. The van der Waals surface area contributed by atoms with Gasteiger partial charge in [0.1, 0.15) is 0 Å². The molecule has 1 saturated carbocycles. The second-order valence-electron chi connectivity index (χ2n) is 6.49. The Bertz CT molecular complexity index is 507. The van der Waals surface area contributed by atoms with Gasteiger partial charge >= 0.3 is 0 Å². The van der Waals surface area contributed by atoms with E-state index in [4.69, 9.17) is 0 Å². The van der Waals surface area contributed by atoms with Crippen molar-refractivity contribution in [1.29, 1.82) is 0 Å². The smallest absolute Gasteiger partial charge is 0.240 e. The monoisotopic (exact) mass is 316 g/mol. The van der Waals surface area contributed by atoms with Crippen LogP contribution in [0.15, 0.2) is 30.3 Å². The maximum atomic E-state index is 12.4. The van der Waals surface area contributed by atoms with Crippen LogP contribution in [0.1, 0.15) is 64.0 Å². The van der Waals surface area contributed by atoms with Gasteiger partial charge in [0.05, 0.1) is 12.6 Å². The zero-order chi connectivity index (χ0) is 16.7. The highest BCUT2D eigenvalue weighted by molar-refractivity contribution is 5.84. The quantitative estimate of drug-likeness (QED) is 0.846. The van der Waals surface area contributed by atoms with Crippen molar-refractivity contribution < 1.29 is 9.59 Å². The lowest BCUT2D eigenvalue weighted by atomic mass is 10.1. The molecule has 0 aromatic heterocycles. The summed E-state index contributed by atoms with van der Waals surface area (Å²) in [5, 5.41) is 3.00. The third-order valence-electron chi connectivity index (χ3n) is 4.66. The van der Waals surface area contributed by atoms with Crippen LogP contribution in [0, 0.1) is 0 Å². The molecule has 1 aliphatic rings. The van der Waals surface area contributed by atoms with E-state index in [1.54, 1.807) is 11.8 Å². The van der Waals surface area contributed by atoms with E-state index >= 15 is 0 Å². The molecule has 1 atom stereocenters. The molecule has 0 heterocycles. The minimum Gasteiger partial charge on any atom is -0.348 e. The van der Waals surface area contributed by atoms with E-state index in [0.717, 1.165) is 31.2 Å². The van der Waals surface area contributed by atoms with Gasteiger partial charge in [-0.05, 0) is 25.3 Å². The highest BCUT2D eigenvalue weighted by Crippen LogP contribution is 2.22. The normalized spacial score (nSPS) is 17.1. The third kappa shape index (κ3) is 5.38. The minimum atomic E-state index is -0.0826. The fourth-order valence-electron chi connectivity index (χ4n) is 3.33. The molecular weight excluding hydrogens is 288 g/mol. The fourth-order valence-corrected chi connectivity index (χ4v) is 3.33. The highest BCUT2D eigenvalue weighted by atomic mass is 16.2. The van der Waals surface area contributed by atoms with Crippen LogP contribution in [0.4, 0.5) is 0 Å². The molecule has 1 aliphatic carbocycles. The number of hydrogen-bond acceptors (Lipinski definition) is 2. The lowest BCUT2D eigenvalue weighted by molar-refractivity contribution is -0.137. The van der Waals surface area contributed by atoms with Crippen molar-refractivity contribution in [3.05, 3.63) is 35.9 Å². The molecule has 0 saturated heterocycles. The van der Waals surface area contributed by atoms with Gasteiger partial charge in [-0.25, -0.2) is 0 Å². The second-order valence-corrected chi connectivity index (χ2v) is 6.49. The Kier molecular flexibility index (Phi) is 6.63. The van der Waals surface area contributed by atoms with Crippen molar-refractivity contribution in [2.75, 3.05) is 6.54 Å². The first kappa shape index (κ1) is 17.5. The lowest BCUT2D eigenvalue weighted by Gasteiger charge is -2.30. The zero-order valence-corrected chi connectivity index (χ0v) is 14.3. The summed E-state index contributed by atoms with van der Waals surface area (Å²) in [5.74, 6) is -0.0831. The number of carbonyl (C=O) groups is 2. The Labute approximate surface area is 139 Å². The molecule has 0 aliphatic heterocycles. The van der Waals surface area contributed by atoms with Crippen LogP contribution >= 0.6 is 0 Å². The van der Waals surface area contributed by atoms with E-state index in [0.29, 0.717) is 0 Å². The summed E-state index contributed by atoms with van der Waals surface area (Å²) >= 11 is 0. The molecule has 1 N–H and O–H groups in total. The molecular formula is C19H28N2O2. The number of hydrogen-bond donors (Lipinski definition) is 1. The molecule has 0 radical (unpaired) electrons. The molecule has 126 valence electrons. The van der Waals surface area contributed by atoms with Gasteiger partial charge in [0, 0.05) is 13.0 Å². The summed E-state index contributed by atoms with van der Waals surface area (Å²) in [6, 6.07) is 10.1. The Hall–Kier alpha value is -1.84. The minimum absolute atomic E-state index is 0.000542. The van der Waals surface area contributed by atoms with E-state index in [1.165, 1.54) is 12.8 Å². The SMILES string of the molecule is CC(=O)N(CC(=O)NC(C)c1ccccc1)C1CCCCCC1. The number of amides is 2. The number of benzene rings is 1. The highest BCUT2D eigenvalue weighted by Gasteiger charge is 2.24. The van der Waals surface area contributed by atoms with Gasteiger partial charge in [0.2, 0.25) is 11.8 Å². The molecule has 2 amide bonds. The molecule has 0 bridgehead atoms. The van der Waals surface area contributed by atoms with E-state index in [2.05, 4.69) is 5.32 Å². The topological polar surface area (TPSA) is 49.4 Å². The van der Waals surface area contributed by atoms with E-state index in [1.807, 2.05) is 37.3 Å². The van der Waals surface area contributed by atoms with Crippen molar-refractivity contribution >= 4 is 11.8 Å². The average Bonchev–Trinajstić information content (AvgIpc) is 2.82. The van der Waals surface area contributed by atoms with E-state index in [-0.39, 0.29) is 30.4 Å². The van der Waals surface area contributed by atoms with Crippen LogP contribution in [0.2, 0.25) is 0 Å². The first-order valence-electron chi connectivity index (χ1n) is 8.69. The van der Waals surface area contributed by atoms with Crippen LogP contribution in [0.3, 0.4) is 0 Å². The molecule has 1 aromatic carbocycles. The van der Waals surface area contributed by atoms with E-state index in [9.17, 15) is 9.59 Å². The first-order chi connectivity index (χ1) is 11.1.